The minimum absolute atomic E-state index is 0.167. The van der Waals surface area contributed by atoms with Crippen molar-refractivity contribution in [2.45, 2.75) is 102 Å². The zero-order valence-corrected chi connectivity index (χ0v) is 45.2. The van der Waals surface area contributed by atoms with Gasteiger partial charge in [-0.25, -0.2) is 19.2 Å². The lowest BCUT2D eigenvalue weighted by Gasteiger charge is -2.37. The zero-order chi connectivity index (χ0) is 56.7. The summed E-state index contributed by atoms with van der Waals surface area (Å²) in [6.45, 7) is 20.1. The van der Waals surface area contributed by atoms with E-state index in [0.717, 1.165) is 31.2 Å². The number of aliphatic hydroxyl groups is 4. The lowest BCUT2D eigenvalue weighted by Crippen LogP contribution is -2.31. The number of rotatable bonds is 28. The number of fused-ring (bicyclic) bond motifs is 2. The largest absolute Gasteiger partial charge is 0.491 e. The number of esters is 4. The van der Waals surface area contributed by atoms with E-state index in [1.165, 1.54) is 39.7 Å². The number of benzene rings is 5. The number of carbonyl (C=O) groups excluding carboxylic acids is 4. The van der Waals surface area contributed by atoms with Gasteiger partial charge in [0.15, 0.2) is 0 Å². The van der Waals surface area contributed by atoms with Crippen LogP contribution in [0, 0.1) is 0 Å². The van der Waals surface area contributed by atoms with Crippen LogP contribution >= 0.6 is 0 Å². The Morgan fingerprint density at radius 1 is 0.474 bits per heavy atom. The molecule has 6 rings (SSSR count). The Hall–Kier alpha value is -7.50. The zero-order valence-electron chi connectivity index (χ0n) is 45.2. The summed E-state index contributed by atoms with van der Waals surface area (Å²) < 4.78 is 46.2. The Morgan fingerprint density at radius 3 is 1.17 bits per heavy atom. The first-order valence-electron chi connectivity index (χ1n) is 25.9. The average molecular weight is 1070 g/mol. The number of aliphatic hydroxyl groups excluding tert-OH is 4. The summed E-state index contributed by atoms with van der Waals surface area (Å²) in [5, 5.41) is 46.6. The molecule has 0 aliphatic heterocycles. The standard InChI is InChI=1S/C62H72O16/c1-37(2)58(67)75-33-46(63)29-71-50-21-23-52-43(27-50)17-25-54(73-31-48(65)35-77-60(69)39(5)6)56(52)62(9,45-19-15-42(16-20-45)41-13-11-10-12-14-41)57-53-24-22-51(72-30-47(64)34-76-59(68)38(3)4)28-44(53)18-26-55(57)74-32-49(66)36-78-61(70)40(7)8/h15-28,41,46-49,63-66H,1,3,5,7,10-14,29-36H2,2,4,6,8-9H3. The SMILES string of the molecule is C=C(C)C(=O)OCC(O)COc1ccc2c(C(C)(c3ccc(C4CCCCC4)cc3)c3c(OCC(O)COC(=O)C(=C)C)ccc4cc(OCC(O)COC(=O)C(=C)C)ccc34)c(OCC(O)COC(=O)C(=C)C)ccc2c1. The Labute approximate surface area is 455 Å². The number of hydrogen-bond acceptors (Lipinski definition) is 16. The van der Waals surface area contributed by atoms with Crippen LogP contribution < -0.4 is 18.9 Å². The number of carbonyl (C=O) groups is 4. The normalized spacial score (nSPS) is 14.9. The maximum atomic E-state index is 12.4. The molecule has 1 aliphatic rings. The molecule has 0 aromatic heterocycles. The quantitative estimate of drug-likeness (QED) is 0.0159. The van der Waals surface area contributed by atoms with Crippen LogP contribution in [-0.2, 0) is 43.5 Å². The molecule has 416 valence electrons. The summed E-state index contributed by atoms with van der Waals surface area (Å²) in [7, 11) is 0. The molecule has 0 bridgehead atoms. The fraction of sp³-hybridized carbons (Fsp3) is 0.387. The predicted octanol–water partition coefficient (Wildman–Crippen LogP) is 8.83. The average Bonchev–Trinajstić information content (AvgIpc) is 3.56. The van der Waals surface area contributed by atoms with Crippen LogP contribution in [0.25, 0.3) is 21.5 Å². The summed E-state index contributed by atoms with van der Waals surface area (Å²) in [4.78, 5) is 48.8. The molecular formula is C62H72O16. The van der Waals surface area contributed by atoms with Crippen molar-refractivity contribution in [1.29, 1.82) is 0 Å². The fourth-order valence-electron chi connectivity index (χ4n) is 9.10. The third-order valence-electron chi connectivity index (χ3n) is 13.2. The van der Waals surface area contributed by atoms with Crippen LogP contribution in [0.15, 0.2) is 134 Å². The summed E-state index contributed by atoms with van der Waals surface area (Å²) in [5.41, 5.74) is 2.65. The molecule has 4 unspecified atom stereocenters. The third kappa shape index (κ3) is 15.8. The highest BCUT2D eigenvalue weighted by molar-refractivity contribution is 5.96. The van der Waals surface area contributed by atoms with Crippen molar-refractivity contribution in [3.8, 4) is 23.0 Å². The smallest absolute Gasteiger partial charge is 0.333 e. The number of ether oxygens (including phenoxy) is 8. The van der Waals surface area contributed by atoms with Gasteiger partial charge in [0.25, 0.3) is 0 Å². The molecule has 0 heterocycles. The van der Waals surface area contributed by atoms with Crippen LogP contribution in [0.3, 0.4) is 0 Å². The van der Waals surface area contributed by atoms with E-state index in [4.69, 9.17) is 37.9 Å². The van der Waals surface area contributed by atoms with Gasteiger partial charge in [-0.15, -0.1) is 0 Å². The summed E-state index contributed by atoms with van der Waals surface area (Å²) >= 11 is 0. The molecule has 5 aromatic rings. The third-order valence-corrected chi connectivity index (χ3v) is 13.2. The van der Waals surface area contributed by atoms with Gasteiger partial charge in [0.1, 0.15) is 100 Å². The van der Waals surface area contributed by atoms with Gasteiger partial charge in [-0.05, 0) is 122 Å². The number of hydrogen-bond donors (Lipinski definition) is 4. The molecule has 1 saturated carbocycles. The van der Waals surface area contributed by atoms with Gasteiger partial charge in [-0.1, -0.05) is 94.1 Å². The van der Waals surface area contributed by atoms with Crippen molar-refractivity contribution < 1.29 is 77.5 Å². The van der Waals surface area contributed by atoms with Gasteiger partial charge >= 0.3 is 23.9 Å². The molecule has 4 atom stereocenters. The van der Waals surface area contributed by atoms with Gasteiger partial charge in [-0.3, -0.25) is 0 Å². The van der Waals surface area contributed by atoms with Crippen LogP contribution in [0.5, 0.6) is 23.0 Å². The van der Waals surface area contributed by atoms with Gasteiger partial charge in [-0.2, -0.15) is 0 Å². The minimum Gasteiger partial charge on any atom is -0.491 e. The van der Waals surface area contributed by atoms with Crippen molar-refractivity contribution in [3.05, 3.63) is 156 Å². The summed E-state index contributed by atoms with van der Waals surface area (Å²) in [6, 6.07) is 26.5. The molecule has 1 aliphatic carbocycles. The first-order chi connectivity index (χ1) is 37.2. The van der Waals surface area contributed by atoms with Gasteiger partial charge in [0.05, 0.1) is 5.41 Å². The fourth-order valence-corrected chi connectivity index (χ4v) is 9.10. The highest BCUT2D eigenvalue weighted by Crippen LogP contribution is 2.52. The molecule has 16 heteroatoms. The van der Waals surface area contributed by atoms with Crippen molar-refractivity contribution in [3.63, 3.8) is 0 Å². The van der Waals surface area contributed by atoms with E-state index in [0.29, 0.717) is 61.6 Å². The molecule has 0 amide bonds. The second kappa shape index (κ2) is 27.7. The van der Waals surface area contributed by atoms with Crippen molar-refractivity contribution >= 4 is 45.4 Å². The Balaban J connectivity index is 1.55. The Kier molecular flexibility index (Phi) is 21.2. The predicted molar refractivity (Wildman–Crippen MR) is 295 cm³/mol. The van der Waals surface area contributed by atoms with E-state index in [-0.39, 0.29) is 75.1 Å². The summed E-state index contributed by atoms with van der Waals surface area (Å²) in [6.07, 6.45) is 0.754. The maximum Gasteiger partial charge on any atom is 0.333 e. The second-order valence-electron chi connectivity index (χ2n) is 20.1. The molecule has 0 radical (unpaired) electrons. The van der Waals surface area contributed by atoms with Crippen molar-refractivity contribution in [2.24, 2.45) is 0 Å². The highest BCUT2D eigenvalue weighted by atomic mass is 16.6. The van der Waals surface area contributed by atoms with Crippen LogP contribution in [0.1, 0.15) is 94.9 Å². The highest BCUT2D eigenvalue weighted by Gasteiger charge is 2.40. The second-order valence-corrected chi connectivity index (χ2v) is 20.1. The van der Waals surface area contributed by atoms with Gasteiger partial charge < -0.3 is 58.3 Å². The Bertz CT molecular complexity index is 2820. The van der Waals surface area contributed by atoms with Crippen molar-refractivity contribution in [2.75, 3.05) is 52.9 Å². The minimum atomic E-state index is -1.28. The van der Waals surface area contributed by atoms with E-state index >= 15 is 0 Å². The van der Waals surface area contributed by atoms with E-state index in [1.54, 1.807) is 36.4 Å². The topological polar surface area (TPSA) is 223 Å². The molecule has 0 spiro atoms. The van der Waals surface area contributed by atoms with Crippen molar-refractivity contribution in [1.82, 2.24) is 0 Å². The van der Waals surface area contributed by atoms with Gasteiger partial charge in [0.2, 0.25) is 0 Å². The molecule has 0 saturated heterocycles. The van der Waals surface area contributed by atoms with Crippen LogP contribution in [0.2, 0.25) is 0 Å². The van der Waals surface area contributed by atoms with E-state index in [1.807, 2.05) is 31.2 Å². The van der Waals surface area contributed by atoms with Gasteiger partial charge in [0, 0.05) is 33.4 Å². The van der Waals surface area contributed by atoms with E-state index in [2.05, 4.69) is 50.6 Å². The maximum absolute atomic E-state index is 12.4. The first kappa shape index (κ1) is 59.7. The van der Waals surface area contributed by atoms with E-state index < -0.39 is 53.7 Å². The molecule has 4 N–H and O–H groups in total. The molecule has 78 heavy (non-hydrogen) atoms. The Morgan fingerprint density at radius 2 is 0.821 bits per heavy atom. The molecule has 16 nitrogen and oxygen atoms in total. The van der Waals surface area contributed by atoms with Crippen LogP contribution in [-0.4, -0.2) is 122 Å². The monoisotopic (exact) mass is 1070 g/mol. The molecular weight excluding hydrogens is 1000 g/mol. The lowest BCUT2D eigenvalue weighted by atomic mass is 9.67. The molecule has 1 fully saturated rings. The first-order valence-corrected chi connectivity index (χ1v) is 25.9. The molecule has 5 aromatic carbocycles. The van der Waals surface area contributed by atoms with E-state index in [9.17, 15) is 39.6 Å². The summed E-state index contributed by atoms with van der Waals surface area (Å²) in [5.74, 6) is -0.775. The lowest BCUT2D eigenvalue weighted by molar-refractivity contribution is -0.143. The van der Waals surface area contributed by atoms with Crippen LogP contribution in [0.4, 0.5) is 0 Å².